The molecule has 1 N–H and O–H groups in total. The second kappa shape index (κ2) is 5.64. The van der Waals surface area contributed by atoms with Crippen molar-refractivity contribution in [2.75, 3.05) is 0 Å². The minimum Gasteiger partial charge on any atom is -0.393 e. The second-order valence-corrected chi connectivity index (χ2v) is 4.74. The van der Waals surface area contributed by atoms with Crippen LogP contribution >= 0.6 is 0 Å². The van der Waals surface area contributed by atoms with Crippen molar-refractivity contribution in [3.05, 3.63) is 0 Å². The summed E-state index contributed by atoms with van der Waals surface area (Å²) in [4.78, 5) is 0. The van der Waals surface area contributed by atoms with Gasteiger partial charge in [-0.25, -0.2) is 0 Å². The van der Waals surface area contributed by atoms with Crippen molar-refractivity contribution < 1.29 is 5.11 Å². The molecular formula is C12H24O. The van der Waals surface area contributed by atoms with E-state index in [0.29, 0.717) is 5.92 Å². The molecule has 0 aliphatic heterocycles. The largest absolute Gasteiger partial charge is 0.393 e. The molecule has 0 amide bonds. The lowest BCUT2D eigenvalue weighted by molar-refractivity contribution is 0.0566. The van der Waals surface area contributed by atoms with Crippen molar-refractivity contribution in [2.24, 2.45) is 11.8 Å². The lowest BCUT2D eigenvalue weighted by Gasteiger charge is -2.29. The second-order valence-electron chi connectivity index (χ2n) is 4.74. The van der Waals surface area contributed by atoms with Gasteiger partial charge in [0.05, 0.1) is 6.10 Å². The van der Waals surface area contributed by atoms with Gasteiger partial charge in [-0.3, -0.25) is 0 Å². The summed E-state index contributed by atoms with van der Waals surface area (Å²) in [6, 6.07) is 0. The smallest absolute Gasteiger partial charge is 0.0568 e. The predicted molar refractivity (Wildman–Crippen MR) is 56.7 cm³/mol. The van der Waals surface area contributed by atoms with E-state index in [4.69, 9.17) is 0 Å². The summed E-state index contributed by atoms with van der Waals surface area (Å²) < 4.78 is 0. The van der Waals surface area contributed by atoms with Gasteiger partial charge < -0.3 is 5.11 Å². The monoisotopic (exact) mass is 184 g/mol. The third-order valence-electron chi connectivity index (χ3n) is 3.36. The first-order chi connectivity index (χ1) is 6.24. The molecule has 1 rings (SSSR count). The molecule has 0 radical (unpaired) electrons. The molecule has 0 aromatic rings. The molecule has 1 aliphatic carbocycles. The van der Waals surface area contributed by atoms with Crippen LogP contribution in [0.25, 0.3) is 0 Å². The highest BCUT2D eigenvalue weighted by Crippen LogP contribution is 2.30. The fourth-order valence-corrected chi connectivity index (χ4v) is 2.59. The number of rotatable bonds is 4. The van der Waals surface area contributed by atoms with Gasteiger partial charge in [0.25, 0.3) is 0 Å². The Hall–Kier alpha value is -0.0400. The van der Waals surface area contributed by atoms with Crippen LogP contribution in [0.15, 0.2) is 0 Å². The van der Waals surface area contributed by atoms with Crippen LogP contribution in [0.1, 0.15) is 58.8 Å². The highest BCUT2D eigenvalue weighted by Gasteiger charge is 2.24. The van der Waals surface area contributed by atoms with Gasteiger partial charge in [-0.2, -0.15) is 0 Å². The molecule has 1 fully saturated rings. The van der Waals surface area contributed by atoms with Crippen molar-refractivity contribution in [1.82, 2.24) is 0 Å². The van der Waals surface area contributed by atoms with Gasteiger partial charge in [-0.1, -0.05) is 39.5 Å². The molecule has 13 heavy (non-hydrogen) atoms. The van der Waals surface area contributed by atoms with E-state index in [-0.39, 0.29) is 6.10 Å². The Kier molecular flexibility index (Phi) is 4.79. The molecule has 0 saturated heterocycles. The van der Waals surface area contributed by atoms with Gasteiger partial charge in [0, 0.05) is 0 Å². The van der Waals surface area contributed by atoms with Crippen molar-refractivity contribution in [3.63, 3.8) is 0 Å². The van der Waals surface area contributed by atoms with Gasteiger partial charge in [0.2, 0.25) is 0 Å². The first-order valence-electron chi connectivity index (χ1n) is 5.92. The van der Waals surface area contributed by atoms with E-state index in [1.165, 1.54) is 38.5 Å². The Morgan fingerprint density at radius 3 is 2.62 bits per heavy atom. The van der Waals surface area contributed by atoms with Crippen LogP contribution in [0.5, 0.6) is 0 Å². The van der Waals surface area contributed by atoms with Gasteiger partial charge in [-0.15, -0.1) is 0 Å². The number of aliphatic hydroxyl groups is 1. The quantitative estimate of drug-likeness (QED) is 0.710. The normalized spacial score (nSPS) is 31.6. The Morgan fingerprint density at radius 1 is 1.31 bits per heavy atom. The van der Waals surface area contributed by atoms with E-state index >= 15 is 0 Å². The molecule has 1 heteroatoms. The molecule has 1 aliphatic rings. The van der Waals surface area contributed by atoms with E-state index in [9.17, 15) is 5.11 Å². The van der Waals surface area contributed by atoms with Gasteiger partial charge in [0.15, 0.2) is 0 Å². The van der Waals surface area contributed by atoms with E-state index in [1.807, 2.05) is 0 Å². The zero-order valence-electron chi connectivity index (χ0n) is 9.13. The van der Waals surface area contributed by atoms with Crippen LogP contribution in [0.2, 0.25) is 0 Å². The van der Waals surface area contributed by atoms with Gasteiger partial charge in [-0.05, 0) is 31.1 Å². The topological polar surface area (TPSA) is 20.2 Å². The molecule has 3 atom stereocenters. The summed E-state index contributed by atoms with van der Waals surface area (Å²) in [5.74, 6) is 1.41. The Balaban J connectivity index is 2.25. The Bertz CT molecular complexity index is 133. The van der Waals surface area contributed by atoms with E-state index < -0.39 is 0 Å². The third kappa shape index (κ3) is 3.68. The molecule has 0 spiro atoms. The molecular weight excluding hydrogens is 160 g/mol. The van der Waals surface area contributed by atoms with E-state index in [0.717, 1.165) is 12.3 Å². The zero-order chi connectivity index (χ0) is 9.68. The van der Waals surface area contributed by atoms with Crippen molar-refractivity contribution in [3.8, 4) is 0 Å². The summed E-state index contributed by atoms with van der Waals surface area (Å²) >= 11 is 0. The lowest BCUT2D eigenvalue weighted by atomic mass is 9.80. The maximum Gasteiger partial charge on any atom is 0.0568 e. The Morgan fingerprint density at radius 2 is 2.00 bits per heavy atom. The predicted octanol–water partition coefficient (Wildman–Crippen LogP) is 3.36. The van der Waals surface area contributed by atoms with Crippen LogP contribution in [-0.4, -0.2) is 11.2 Å². The SMILES string of the molecule is CCCC(C)CC1CCCCC1O. The third-order valence-corrected chi connectivity index (χ3v) is 3.36. The van der Waals surface area contributed by atoms with Crippen molar-refractivity contribution >= 4 is 0 Å². The highest BCUT2D eigenvalue weighted by atomic mass is 16.3. The molecule has 0 bridgehead atoms. The number of hydrogen-bond donors (Lipinski definition) is 1. The average Bonchev–Trinajstić information content (AvgIpc) is 2.09. The molecule has 0 aromatic carbocycles. The standard InChI is InChI=1S/C12H24O/c1-3-6-10(2)9-11-7-4-5-8-12(11)13/h10-13H,3-9H2,1-2H3. The molecule has 3 unspecified atom stereocenters. The molecule has 0 heterocycles. The van der Waals surface area contributed by atoms with E-state index in [2.05, 4.69) is 13.8 Å². The minimum atomic E-state index is 0.00746. The maximum absolute atomic E-state index is 9.79. The highest BCUT2D eigenvalue weighted by molar-refractivity contribution is 4.75. The summed E-state index contributed by atoms with van der Waals surface area (Å²) in [5, 5.41) is 9.79. The van der Waals surface area contributed by atoms with Crippen molar-refractivity contribution in [2.45, 2.75) is 64.9 Å². The average molecular weight is 184 g/mol. The summed E-state index contributed by atoms with van der Waals surface area (Å²) in [5.41, 5.74) is 0. The number of aliphatic hydroxyl groups excluding tert-OH is 1. The lowest BCUT2D eigenvalue weighted by Crippen LogP contribution is -2.26. The van der Waals surface area contributed by atoms with Crippen LogP contribution in [0.4, 0.5) is 0 Å². The summed E-state index contributed by atoms with van der Waals surface area (Å²) in [6.07, 6.45) is 8.73. The zero-order valence-corrected chi connectivity index (χ0v) is 9.13. The first-order valence-corrected chi connectivity index (χ1v) is 5.92. The molecule has 1 saturated carbocycles. The van der Waals surface area contributed by atoms with Gasteiger partial charge >= 0.3 is 0 Å². The number of hydrogen-bond acceptors (Lipinski definition) is 1. The minimum absolute atomic E-state index is 0.00746. The van der Waals surface area contributed by atoms with Crippen LogP contribution in [0.3, 0.4) is 0 Å². The van der Waals surface area contributed by atoms with Crippen molar-refractivity contribution in [1.29, 1.82) is 0 Å². The van der Waals surface area contributed by atoms with Crippen LogP contribution < -0.4 is 0 Å². The van der Waals surface area contributed by atoms with Crippen LogP contribution in [-0.2, 0) is 0 Å². The van der Waals surface area contributed by atoms with E-state index in [1.54, 1.807) is 0 Å². The maximum atomic E-state index is 9.79. The van der Waals surface area contributed by atoms with Crippen LogP contribution in [0, 0.1) is 11.8 Å². The molecule has 0 aromatic heterocycles. The van der Waals surface area contributed by atoms with Gasteiger partial charge in [0.1, 0.15) is 0 Å². The Labute approximate surface area is 82.5 Å². The fraction of sp³-hybridized carbons (Fsp3) is 1.00. The summed E-state index contributed by atoms with van der Waals surface area (Å²) in [7, 11) is 0. The first kappa shape index (κ1) is 11.0. The fourth-order valence-electron chi connectivity index (χ4n) is 2.59. The molecule has 1 nitrogen and oxygen atoms in total. The summed E-state index contributed by atoms with van der Waals surface area (Å²) in [6.45, 7) is 4.57. The molecule has 78 valence electrons.